The van der Waals surface area contributed by atoms with Crippen LogP contribution < -0.4 is 21.9 Å². The van der Waals surface area contributed by atoms with Gasteiger partial charge in [-0.2, -0.15) is 0 Å². The van der Waals surface area contributed by atoms with Gasteiger partial charge >= 0.3 is 5.69 Å². The second-order valence-corrected chi connectivity index (χ2v) is 9.81. The zero-order valence-electron chi connectivity index (χ0n) is 18.2. The second kappa shape index (κ2) is 8.37. The van der Waals surface area contributed by atoms with Gasteiger partial charge in [0.25, 0.3) is 5.56 Å². The number of hydrogen-bond donors (Lipinski definition) is 3. The number of amides is 1. The van der Waals surface area contributed by atoms with Crippen LogP contribution in [0.5, 0.6) is 0 Å². The van der Waals surface area contributed by atoms with Crippen LogP contribution in [0.15, 0.2) is 70.5 Å². The van der Waals surface area contributed by atoms with Crippen molar-refractivity contribution in [1.29, 1.82) is 0 Å². The van der Waals surface area contributed by atoms with E-state index in [2.05, 4.69) is 20.6 Å². The van der Waals surface area contributed by atoms with E-state index in [-0.39, 0.29) is 11.9 Å². The van der Waals surface area contributed by atoms with Crippen molar-refractivity contribution in [2.45, 2.75) is 12.5 Å². The van der Waals surface area contributed by atoms with Gasteiger partial charge in [-0.3, -0.25) is 14.6 Å². The maximum absolute atomic E-state index is 13.6. The monoisotopic (exact) mass is 503 g/mol. The zero-order chi connectivity index (χ0) is 24.1. The van der Waals surface area contributed by atoms with Crippen molar-refractivity contribution in [2.24, 2.45) is 0 Å². The number of benzene rings is 2. The molecule has 0 saturated carbocycles. The molecule has 3 N–H and O–H groups in total. The van der Waals surface area contributed by atoms with Crippen LogP contribution in [0, 0.1) is 0 Å². The average molecular weight is 504 g/mol. The third kappa shape index (κ3) is 3.78. The van der Waals surface area contributed by atoms with Crippen LogP contribution in [-0.2, 0) is 4.79 Å². The van der Waals surface area contributed by atoms with E-state index in [1.54, 1.807) is 18.3 Å². The van der Waals surface area contributed by atoms with Crippen LogP contribution >= 0.6 is 22.9 Å². The standard InChI is InChI=1S/C25H18ClN5O3S/c26-18-4-2-1-3-16(18)21-9-19-23(35-21)24(33)31(25(34)30-19)20-12-27-10-13-5-6-14(7-17(13)20)29-15-8-22(32)28-11-15/h1-7,9-10,12,15,29H,8,11H2,(H,28,32)(H,30,34)/t15-/m1/s1. The number of pyridine rings is 1. The van der Waals surface area contributed by atoms with E-state index >= 15 is 0 Å². The molecule has 1 aliphatic rings. The van der Waals surface area contributed by atoms with Gasteiger partial charge in [0, 0.05) is 51.1 Å². The fourth-order valence-electron chi connectivity index (χ4n) is 4.38. The number of rotatable bonds is 4. The summed E-state index contributed by atoms with van der Waals surface area (Å²) >= 11 is 7.63. The first kappa shape index (κ1) is 21.6. The first-order valence-electron chi connectivity index (χ1n) is 10.9. The normalized spacial score (nSPS) is 15.6. The number of fused-ring (bicyclic) bond motifs is 2. The van der Waals surface area contributed by atoms with Crippen molar-refractivity contribution in [1.82, 2.24) is 19.9 Å². The molecule has 174 valence electrons. The van der Waals surface area contributed by atoms with Crippen molar-refractivity contribution in [3.8, 4) is 16.1 Å². The summed E-state index contributed by atoms with van der Waals surface area (Å²) in [5.74, 6) is 0.00618. The molecule has 1 amide bonds. The van der Waals surface area contributed by atoms with Crippen LogP contribution in [0.25, 0.3) is 37.1 Å². The molecule has 2 aromatic carbocycles. The molecule has 0 aliphatic carbocycles. The maximum atomic E-state index is 13.6. The molecule has 0 radical (unpaired) electrons. The van der Waals surface area contributed by atoms with Crippen molar-refractivity contribution in [2.75, 3.05) is 11.9 Å². The van der Waals surface area contributed by atoms with E-state index in [4.69, 9.17) is 11.6 Å². The average Bonchev–Trinajstić information content (AvgIpc) is 3.45. The van der Waals surface area contributed by atoms with E-state index in [9.17, 15) is 14.4 Å². The van der Waals surface area contributed by atoms with Gasteiger partial charge in [0.05, 0.1) is 23.4 Å². The number of anilines is 1. The van der Waals surface area contributed by atoms with Crippen LogP contribution in [0.3, 0.4) is 0 Å². The fraction of sp³-hybridized carbons (Fsp3) is 0.120. The van der Waals surface area contributed by atoms with Gasteiger partial charge in [0.15, 0.2) is 0 Å². The molecule has 10 heteroatoms. The highest BCUT2D eigenvalue weighted by atomic mass is 35.5. The number of nitrogens with one attached hydrogen (secondary N) is 3. The van der Waals surface area contributed by atoms with Gasteiger partial charge in [-0.05, 0) is 24.3 Å². The van der Waals surface area contributed by atoms with Crippen LogP contribution in [0.4, 0.5) is 5.69 Å². The molecular formula is C25H18ClN5O3S. The number of thiophene rings is 1. The molecule has 6 rings (SSSR count). The minimum absolute atomic E-state index is 0.00618. The summed E-state index contributed by atoms with van der Waals surface area (Å²) in [6, 6.07) is 14.8. The largest absolute Gasteiger partial charge is 0.380 e. The Bertz CT molecular complexity index is 1760. The molecule has 1 atom stereocenters. The summed E-state index contributed by atoms with van der Waals surface area (Å²) in [5.41, 5.74) is 1.45. The Morgan fingerprint density at radius 2 is 1.94 bits per heavy atom. The van der Waals surface area contributed by atoms with E-state index < -0.39 is 11.2 Å². The van der Waals surface area contributed by atoms with Gasteiger partial charge in [-0.1, -0.05) is 35.9 Å². The quantitative estimate of drug-likeness (QED) is 0.344. The lowest BCUT2D eigenvalue weighted by Gasteiger charge is -2.14. The van der Waals surface area contributed by atoms with Gasteiger partial charge in [0.2, 0.25) is 5.91 Å². The minimum atomic E-state index is -0.552. The SMILES string of the molecule is O=C1C[C@@H](Nc2ccc3cncc(-n4c(=O)[nH]c5cc(-c6ccccc6Cl)sc5c4=O)c3c2)CN1. The number of hydrogen-bond acceptors (Lipinski definition) is 6. The summed E-state index contributed by atoms with van der Waals surface area (Å²) in [6.07, 6.45) is 3.59. The lowest BCUT2D eigenvalue weighted by Crippen LogP contribution is -2.33. The number of aromatic amines is 1. The lowest BCUT2D eigenvalue weighted by atomic mass is 10.1. The number of nitrogens with zero attached hydrogens (tertiary/aromatic N) is 2. The fourth-order valence-corrected chi connectivity index (χ4v) is 5.76. The van der Waals surface area contributed by atoms with Gasteiger partial charge in [-0.15, -0.1) is 11.3 Å². The van der Waals surface area contributed by atoms with Gasteiger partial charge < -0.3 is 15.6 Å². The predicted octanol–water partition coefficient (Wildman–Crippen LogP) is 3.91. The molecule has 35 heavy (non-hydrogen) atoms. The molecule has 8 nitrogen and oxygen atoms in total. The summed E-state index contributed by atoms with van der Waals surface area (Å²) in [7, 11) is 0. The molecule has 1 aliphatic heterocycles. The molecule has 1 saturated heterocycles. The third-order valence-electron chi connectivity index (χ3n) is 6.04. The molecule has 5 aromatic rings. The predicted molar refractivity (Wildman–Crippen MR) is 139 cm³/mol. The van der Waals surface area contributed by atoms with Gasteiger partial charge in [-0.25, -0.2) is 9.36 Å². The molecule has 3 aromatic heterocycles. The third-order valence-corrected chi connectivity index (χ3v) is 7.53. The van der Waals surface area contributed by atoms with Crippen molar-refractivity contribution in [3.05, 3.63) is 86.8 Å². The number of H-pyrrole nitrogens is 1. The maximum Gasteiger partial charge on any atom is 0.333 e. The number of halogens is 1. The van der Waals surface area contributed by atoms with E-state index in [1.165, 1.54) is 17.5 Å². The van der Waals surface area contributed by atoms with Crippen LogP contribution in [0.2, 0.25) is 5.02 Å². The van der Waals surface area contributed by atoms with Crippen LogP contribution in [-0.4, -0.2) is 33.0 Å². The topological polar surface area (TPSA) is 109 Å². The Kier molecular flexibility index (Phi) is 5.16. The summed E-state index contributed by atoms with van der Waals surface area (Å²) < 4.78 is 1.54. The van der Waals surface area contributed by atoms with Crippen molar-refractivity contribution < 1.29 is 4.79 Å². The Morgan fingerprint density at radius 1 is 1.09 bits per heavy atom. The first-order valence-corrected chi connectivity index (χ1v) is 12.1. The van der Waals surface area contributed by atoms with E-state index in [1.807, 2.05) is 36.4 Å². The Morgan fingerprint density at radius 3 is 2.74 bits per heavy atom. The number of carbonyl (C=O) groups is 1. The summed E-state index contributed by atoms with van der Waals surface area (Å²) in [5, 5.41) is 8.19. The highest BCUT2D eigenvalue weighted by Crippen LogP contribution is 2.35. The Labute approximate surface area is 207 Å². The van der Waals surface area contributed by atoms with Crippen molar-refractivity contribution >= 4 is 55.5 Å². The Hall–Kier alpha value is -3.95. The summed E-state index contributed by atoms with van der Waals surface area (Å²) in [6.45, 7) is 0.544. The molecule has 1 fully saturated rings. The highest BCUT2D eigenvalue weighted by molar-refractivity contribution is 7.22. The first-order chi connectivity index (χ1) is 17.0. The minimum Gasteiger partial charge on any atom is -0.380 e. The highest BCUT2D eigenvalue weighted by Gasteiger charge is 2.21. The zero-order valence-corrected chi connectivity index (χ0v) is 19.7. The van der Waals surface area contributed by atoms with E-state index in [0.29, 0.717) is 39.3 Å². The Balaban J connectivity index is 1.49. The smallest absolute Gasteiger partial charge is 0.333 e. The molecule has 0 unspecified atom stereocenters. The second-order valence-electron chi connectivity index (χ2n) is 8.35. The molecule has 0 spiro atoms. The van der Waals surface area contributed by atoms with Gasteiger partial charge in [0.1, 0.15) is 4.70 Å². The molecule has 4 heterocycles. The molecule has 0 bridgehead atoms. The van der Waals surface area contributed by atoms with E-state index in [0.717, 1.165) is 26.1 Å². The lowest BCUT2D eigenvalue weighted by molar-refractivity contribution is -0.119. The number of carbonyl (C=O) groups excluding carboxylic acids is 1. The summed E-state index contributed by atoms with van der Waals surface area (Å²) in [4.78, 5) is 46.1. The molecular weight excluding hydrogens is 486 g/mol. The van der Waals surface area contributed by atoms with Crippen molar-refractivity contribution in [3.63, 3.8) is 0 Å². The number of aromatic nitrogens is 3. The van der Waals surface area contributed by atoms with Crippen LogP contribution in [0.1, 0.15) is 6.42 Å².